The van der Waals surface area contributed by atoms with Gasteiger partial charge in [0.25, 0.3) is 0 Å². The van der Waals surface area contributed by atoms with Gasteiger partial charge in [-0.05, 0) is 33.6 Å². The van der Waals surface area contributed by atoms with Crippen molar-refractivity contribution in [2.45, 2.75) is 37.0 Å². The van der Waals surface area contributed by atoms with Crippen molar-refractivity contribution in [3.05, 3.63) is 28.2 Å². The zero-order chi connectivity index (χ0) is 10.8. The third kappa shape index (κ3) is 3.64. The average Bonchev–Trinajstić information content (AvgIpc) is 2.06. The molecule has 0 fully saturated rings. The molecule has 1 rings (SSSR count). The maximum absolute atomic E-state index is 8.96. The van der Waals surface area contributed by atoms with E-state index in [1.807, 2.05) is 30.0 Å². The van der Waals surface area contributed by atoms with Crippen molar-refractivity contribution < 1.29 is 5.11 Å². The third-order valence-electron chi connectivity index (χ3n) is 1.60. The molecule has 0 saturated heterocycles. The van der Waals surface area contributed by atoms with Crippen LogP contribution in [0.4, 0.5) is 0 Å². The van der Waals surface area contributed by atoms with E-state index in [0.29, 0.717) is 0 Å². The molecule has 0 spiro atoms. The molecule has 1 nitrogen and oxygen atoms in total. The van der Waals surface area contributed by atoms with Crippen LogP contribution in [-0.4, -0.2) is 9.85 Å². The minimum absolute atomic E-state index is 0.0963. The van der Waals surface area contributed by atoms with Crippen molar-refractivity contribution in [3.63, 3.8) is 0 Å². The Morgan fingerprint density at radius 3 is 2.43 bits per heavy atom. The molecular weight excluding hydrogens is 260 g/mol. The Morgan fingerprint density at radius 2 is 2.00 bits per heavy atom. The second kappa shape index (κ2) is 4.69. The highest BCUT2D eigenvalue weighted by atomic mass is 79.9. The zero-order valence-electron chi connectivity index (χ0n) is 8.67. The minimum atomic E-state index is 0.0963. The quantitative estimate of drug-likeness (QED) is 0.828. The molecule has 0 amide bonds. The lowest BCUT2D eigenvalue weighted by Gasteiger charge is -2.18. The van der Waals surface area contributed by atoms with Crippen LogP contribution in [0.15, 0.2) is 27.6 Å². The fourth-order valence-electron chi connectivity index (χ4n) is 1.06. The number of aliphatic hydroxyl groups excluding tert-OH is 1. The highest BCUT2D eigenvalue weighted by Crippen LogP contribution is 2.36. The molecule has 0 radical (unpaired) electrons. The molecule has 0 aliphatic heterocycles. The second-order valence-electron chi connectivity index (χ2n) is 4.14. The Bertz CT molecular complexity index is 318. The normalized spacial score (nSPS) is 11.8. The number of hydrogen-bond donors (Lipinski definition) is 1. The molecule has 0 heterocycles. The summed E-state index contributed by atoms with van der Waals surface area (Å²) in [5.74, 6) is 0. The molecule has 1 aromatic rings. The van der Waals surface area contributed by atoms with E-state index < -0.39 is 0 Å². The van der Waals surface area contributed by atoms with Gasteiger partial charge < -0.3 is 5.11 Å². The van der Waals surface area contributed by atoms with Crippen LogP contribution in [0.25, 0.3) is 0 Å². The first-order valence-electron chi connectivity index (χ1n) is 4.51. The standard InChI is InChI=1S/C11H15BrOS/c1-11(2,3)14-10-5-4-8(7-13)6-9(10)12/h4-6,13H,7H2,1-3H3. The van der Waals surface area contributed by atoms with Gasteiger partial charge in [-0.15, -0.1) is 11.8 Å². The second-order valence-corrected chi connectivity index (χ2v) is 6.86. The first kappa shape index (κ1) is 12.1. The lowest BCUT2D eigenvalue weighted by molar-refractivity contribution is 0.281. The maximum Gasteiger partial charge on any atom is 0.0682 e. The highest BCUT2D eigenvalue weighted by Gasteiger charge is 2.13. The number of halogens is 1. The molecule has 0 bridgehead atoms. The van der Waals surface area contributed by atoms with Gasteiger partial charge in [0.05, 0.1) is 6.61 Å². The van der Waals surface area contributed by atoms with Gasteiger partial charge in [-0.25, -0.2) is 0 Å². The largest absolute Gasteiger partial charge is 0.392 e. The van der Waals surface area contributed by atoms with Crippen LogP contribution in [0.5, 0.6) is 0 Å². The van der Waals surface area contributed by atoms with Gasteiger partial charge >= 0.3 is 0 Å². The van der Waals surface area contributed by atoms with Gasteiger partial charge in [0.15, 0.2) is 0 Å². The van der Waals surface area contributed by atoms with Crippen LogP contribution in [0, 0.1) is 0 Å². The summed E-state index contributed by atoms with van der Waals surface area (Å²) in [5.41, 5.74) is 0.940. The van der Waals surface area contributed by atoms with Crippen molar-refractivity contribution in [1.82, 2.24) is 0 Å². The van der Waals surface area contributed by atoms with E-state index >= 15 is 0 Å². The van der Waals surface area contributed by atoms with Crippen LogP contribution in [0.3, 0.4) is 0 Å². The Labute approximate surface area is 98.0 Å². The lowest BCUT2D eigenvalue weighted by atomic mass is 10.2. The molecule has 0 aliphatic rings. The molecule has 78 valence electrons. The van der Waals surface area contributed by atoms with Crippen molar-refractivity contribution in [3.8, 4) is 0 Å². The Hall–Kier alpha value is 0.01000. The van der Waals surface area contributed by atoms with Gasteiger partial charge in [0.1, 0.15) is 0 Å². The maximum atomic E-state index is 8.96. The number of hydrogen-bond acceptors (Lipinski definition) is 2. The van der Waals surface area contributed by atoms with Crippen LogP contribution in [-0.2, 0) is 6.61 Å². The smallest absolute Gasteiger partial charge is 0.0682 e. The van der Waals surface area contributed by atoms with Crippen LogP contribution in [0.2, 0.25) is 0 Å². The monoisotopic (exact) mass is 274 g/mol. The molecule has 0 aliphatic carbocycles. The summed E-state index contributed by atoms with van der Waals surface area (Å²) in [6, 6.07) is 5.97. The molecule has 1 aromatic carbocycles. The van der Waals surface area contributed by atoms with Gasteiger partial charge in [0, 0.05) is 14.1 Å². The average molecular weight is 275 g/mol. The Morgan fingerprint density at radius 1 is 1.36 bits per heavy atom. The molecule has 1 N–H and O–H groups in total. The van der Waals surface area contributed by atoms with E-state index in [9.17, 15) is 0 Å². The van der Waals surface area contributed by atoms with Crippen molar-refractivity contribution in [1.29, 1.82) is 0 Å². The van der Waals surface area contributed by atoms with E-state index in [4.69, 9.17) is 5.11 Å². The first-order chi connectivity index (χ1) is 6.42. The summed E-state index contributed by atoms with van der Waals surface area (Å²) in [7, 11) is 0. The van der Waals surface area contributed by atoms with Crippen molar-refractivity contribution in [2.24, 2.45) is 0 Å². The number of thioether (sulfide) groups is 1. The topological polar surface area (TPSA) is 20.2 Å². The van der Waals surface area contributed by atoms with E-state index in [-0.39, 0.29) is 11.4 Å². The zero-order valence-corrected chi connectivity index (χ0v) is 11.1. The van der Waals surface area contributed by atoms with Gasteiger partial charge in [-0.1, -0.05) is 26.8 Å². The summed E-state index contributed by atoms with van der Waals surface area (Å²) in [4.78, 5) is 1.22. The van der Waals surface area contributed by atoms with E-state index in [2.05, 4.69) is 36.7 Å². The fourth-order valence-corrected chi connectivity index (χ4v) is 2.68. The predicted octanol–water partition coefficient (Wildman–Crippen LogP) is 3.83. The molecule has 0 aromatic heterocycles. The molecule has 14 heavy (non-hydrogen) atoms. The first-order valence-corrected chi connectivity index (χ1v) is 6.11. The van der Waals surface area contributed by atoms with Crippen LogP contribution >= 0.6 is 27.7 Å². The van der Waals surface area contributed by atoms with Gasteiger partial charge in [-0.3, -0.25) is 0 Å². The molecule has 0 atom stereocenters. The number of rotatable bonds is 2. The predicted molar refractivity (Wildman–Crippen MR) is 65.7 cm³/mol. The van der Waals surface area contributed by atoms with Crippen molar-refractivity contribution in [2.75, 3.05) is 0 Å². The third-order valence-corrected chi connectivity index (χ3v) is 3.70. The Balaban J connectivity index is 2.89. The number of benzene rings is 1. The van der Waals surface area contributed by atoms with Gasteiger partial charge in [0.2, 0.25) is 0 Å². The number of aliphatic hydroxyl groups is 1. The molecule has 0 saturated carbocycles. The lowest BCUT2D eigenvalue weighted by Crippen LogP contribution is -2.06. The van der Waals surface area contributed by atoms with E-state index in [1.54, 1.807) is 0 Å². The molecule has 0 unspecified atom stereocenters. The summed E-state index contributed by atoms with van der Waals surface area (Å²) in [6.45, 7) is 6.65. The van der Waals surface area contributed by atoms with Crippen LogP contribution in [0.1, 0.15) is 26.3 Å². The fraction of sp³-hybridized carbons (Fsp3) is 0.455. The minimum Gasteiger partial charge on any atom is -0.392 e. The van der Waals surface area contributed by atoms with E-state index in [0.717, 1.165) is 10.0 Å². The van der Waals surface area contributed by atoms with Gasteiger partial charge in [-0.2, -0.15) is 0 Å². The van der Waals surface area contributed by atoms with Crippen molar-refractivity contribution >= 4 is 27.7 Å². The molecule has 3 heteroatoms. The summed E-state index contributed by atoms with van der Waals surface area (Å²) in [5, 5.41) is 8.96. The van der Waals surface area contributed by atoms with Crippen LogP contribution < -0.4 is 0 Å². The highest BCUT2D eigenvalue weighted by molar-refractivity contribution is 9.10. The summed E-state index contributed by atoms with van der Waals surface area (Å²) < 4.78 is 1.27. The molecular formula is C11H15BrOS. The Kier molecular flexibility index (Phi) is 4.04. The van der Waals surface area contributed by atoms with E-state index in [1.165, 1.54) is 4.90 Å². The summed E-state index contributed by atoms with van der Waals surface area (Å²) >= 11 is 5.33. The SMILES string of the molecule is CC(C)(C)Sc1ccc(CO)cc1Br. The summed E-state index contributed by atoms with van der Waals surface area (Å²) in [6.07, 6.45) is 0.